The Balaban J connectivity index is 1.62. The molecule has 1 aliphatic rings. The second-order valence-corrected chi connectivity index (χ2v) is 7.96. The number of esters is 1. The van der Waals surface area contributed by atoms with Crippen LogP contribution in [0, 0.1) is 5.92 Å². The summed E-state index contributed by atoms with van der Waals surface area (Å²) in [4.78, 5) is 26.8. The molecular weight excluding hydrogens is 434 g/mol. The van der Waals surface area contributed by atoms with Crippen molar-refractivity contribution in [3.05, 3.63) is 64.1 Å². The molecule has 6 heteroatoms. The van der Waals surface area contributed by atoms with Crippen molar-refractivity contribution in [1.29, 1.82) is 0 Å². The van der Waals surface area contributed by atoms with E-state index in [0.717, 1.165) is 10.9 Å². The predicted molar refractivity (Wildman–Crippen MR) is 115 cm³/mol. The summed E-state index contributed by atoms with van der Waals surface area (Å²) in [6.07, 6.45) is 2.03. The molecule has 1 aliphatic heterocycles. The largest absolute Gasteiger partial charge is 0.492 e. The highest BCUT2D eigenvalue weighted by Crippen LogP contribution is 2.27. The molecule has 0 radical (unpaired) electrons. The molecule has 154 valence electrons. The van der Waals surface area contributed by atoms with E-state index in [2.05, 4.69) is 28.1 Å². The molecule has 5 nitrogen and oxygen atoms in total. The van der Waals surface area contributed by atoms with Gasteiger partial charge in [-0.2, -0.15) is 0 Å². The van der Waals surface area contributed by atoms with Crippen LogP contribution in [-0.4, -0.2) is 43.1 Å². The monoisotopic (exact) mass is 459 g/mol. The fraction of sp³-hybridized carbons (Fsp3) is 0.391. The van der Waals surface area contributed by atoms with E-state index in [-0.39, 0.29) is 17.8 Å². The fourth-order valence-electron chi connectivity index (χ4n) is 3.47. The predicted octanol–water partition coefficient (Wildman–Crippen LogP) is 4.49. The van der Waals surface area contributed by atoms with Crippen LogP contribution in [0.5, 0.6) is 5.75 Å². The van der Waals surface area contributed by atoms with Crippen LogP contribution < -0.4 is 4.74 Å². The molecule has 1 heterocycles. The number of benzene rings is 2. The van der Waals surface area contributed by atoms with Gasteiger partial charge in [-0.05, 0) is 43.5 Å². The normalized spacial score (nSPS) is 14.5. The molecule has 0 unspecified atom stereocenters. The van der Waals surface area contributed by atoms with Crippen molar-refractivity contribution >= 4 is 27.8 Å². The Labute approximate surface area is 180 Å². The van der Waals surface area contributed by atoms with Crippen molar-refractivity contribution in [1.82, 2.24) is 4.90 Å². The smallest absolute Gasteiger partial charge is 0.309 e. The Hall–Kier alpha value is -2.34. The van der Waals surface area contributed by atoms with Gasteiger partial charge in [-0.1, -0.05) is 46.3 Å². The number of halogens is 1. The first-order chi connectivity index (χ1) is 14.1. The van der Waals surface area contributed by atoms with E-state index in [1.807, 2.05) is 37.3 Å². The van der Waals surface area contributed by atoms with E-state index < -0.39 is 0 Å². The minimum Gasteiger partial charge on any atom is -0.492 e. The molecule has 0 aliphatic carbocycles. The van der Waals surface area contributed by atoms with Crippen LogP contribution in [0.3, 0.4) is 0 Å². The molecule has 2 aromatic rings. The first-order valence-corrected chi connectivity index (χ1v) is 10.8. The van der Waals surface area contributed by atoms with Gasteiger partial charge in [0, 0.05) is 24.0 Å². The van der Waals surface area contributed by atoms with Crippen LogP contribution in [0.4, 0.5) is 0 Å². The van der Waals surface area contributed by atoms with E-state index in [1.165, 1.54) is 5.56 Å². The Morgan fingerprint density at radius 2 is 1.83 bits per heavy atom. The number of hydrogen-bond donors (Lipinski definition) is 0. The summed E-state index contributed by atoms with van der Waals surface area (Å²) >= 11 is 3.45. The fourth-order valence-corrected chi connectivity index (χ4v) is 3.83. The maximum absolute atomic E-state index is 13.1. The van der Waals surface area contributed by atoms with Gasteiger partial charge in [-0.25, -0.2) is 0 Å². The van der Waals surface area contributed by atoms with Crippen LogP contribution in [0.1, 0.15) is 35.7 Å². The van der Waals surface area contributed by atoms with Gasteiger partial charge >= 0.3 is 5.97 Å². The van der Waals surface area contributed by atoms with Gasteiger partial charge in [-0.15, -0.1) is 0 Å². The first kappa shape index (κ1) is 21.4. The van der Waals surface area contributed by atoms with E-state index >= 15 is 0 Å². The lowest BCUT2D eigenvalue weighted by atomic mass is 9.96. The molecule has 0 atom stereocenters. The van der Waals surface area contributed by atoms with Crippen LogP contribution in [0.15, 0.2) is 53.0 Å². The minimum absolute atomic E-state index is 0.0664. The SMILES string of the molecule is CCOC(=O)C1CCN(C(=O)c2cc(Br)ccc2OCCc2ccccc2)CC1. The number of amides is 1. The number of hydrogen-bond acceptors (Lipinski definition) is 4. The number of rotatable bonds is 7. The molecular formula is C23H26BrNO4. The molecule has 1 saturated heterocycles. The number of ether oxygens (including phenoxy) is 2. The second-order valence-electron chi connectivity index (χ2n) is 7.04. The summed E-state index contributed by atoms with van der Waals surface area (Å²) < 4.78 is 11.9. The third-order valence-electron chi connectivity index (χ3n) is 5.07. The van der Waals surface area contributed by atoms with E-state index in [1.54, 1.807) is 11.0 Å². The highest BCUT2D eigenvalue weighted by Gasteiger charge is 2.29. The van der Waals surface area contributed by atoms with Crippen molar-refractivity contribution in [2.75, 3.05) is 26.3 Å². The van der Waals surface area contributed by atoms with Gasteiger partial charge in [0.1, 0.15) is 5.75 Å². The summed E-state index contributed by atoms with van der Waals surface area (Å²) in [5.41, 5.74) is 1.74. The van der Waals surface area contributed by atoms with Gasteiger partial charge in [0.25, 0.3) is 5.91 Å². The van der Waals surface area contributed by atoms with Gasteiger partial charge in [0.05, 0.1) is 24.7 Å². The molecule has 0 N–H and O–H groups in total. The third kappa shape index (κ3) is 5.82. The van der Waals surface area contributed by atoms with Crippen molar-refractivity contribution in [2.45, 2.75) is 26.2 Å². The number of carbonyl (C=O) groups is 2. The van der Waals surface area contributed by atoms with E-state index in [9.17, 15) is 9.59 Å². The minimum atomic E-state index is -0.160. The van der Waals surface area contributed by atoms with Crippen LogP contribution >= 0.6 is 15.9 Å². The molecule has 29 heavy (non-hydrogen) atoms. The first-order valence-electron chi connectivity index (χ1n) is 10.0. The summed E-state index contributed by atoms with van der Waals surface area (Å²) in [6, 6.07) is 15.6. The molecule has 3 rings (SSSR count). The zero-order valence-corrected chi connectivity index (χ0v) is 18.2. The maximum atomic E-state index is 13.1. The zero-order valence-electron chi connectivity index (χ0n) is 16.6. The number of carbonyl (C=O) groups excluding carboxylic acids is 2. The van der Waals surface area contributed by atoms with Crippen molar-refractivity contribution in [2.24, 2.45) is 5.92 Å². The standard InChI is InChI=1S/C23H26BrNO4/c1-2-28-23(27)18-10-13-25(14-11-18)22(26)20-16-19(24)8-9-21(20)29-15-12-17-6-4-3-5-7-17/h3-9,16,18H,2,10-15H2,1H3. The zero-order chi connectivity index (χ0) is 20.6. The molecule has 2 aromatic carbocycles. The summed E-state index contributed by atoms with van der Waals surface area (Å²) in [7, 11) is 0. The molecule has 1 fully saturated rings. The lowest BCUT2D eigenvalue weighted by molar-refractivity contribution is -0.149. The molecule has 0 aromatic heterocycles. The van der Waals surface area contributed by atoms with Gasteiger partial charge in [-0.3, -0.25) is 9.59 Å². The Bertz CT molecular complexity index is 832. The lowest BCUT2D eigenvalue weighted by Gasteiger charge is -2.31. The van der Waals surface area contributed by atoms with E-state index in [4.69, 9.17) is 9.47 Å². The lowest BCUT2D eigenvalue weighted by Crippen LogP contribution is -2.40. The van der Waals surface area contributed by atoms with Gasteiger partial charge in [0.2, 0.25) is 0 Å². The molecule has 0 spiro atoms. The average Bonchev–Trinajstić information content (AvgIpc) is 2.75. The molecule has 0 saturated carbocycles. The third-order valence-corrected chi connectivity index (χ3v) is 5.56. The number of likely N-dealkylation sites (tertiary alicyclic amines) is 1. The van der Waals surface area contributed by atoms with Crippen LogP contribution in [0.25, 0.3) is 0 Å². The Morgan fingerprint density at radius 3 is 2.52 bits per heavy atom. The summed E-state index contributed by atoms with van der Waals surface area (Å²) in [5.74, 6) is 0.236. The van der Waals surface area contributed by atoms with Crippen LogP contribution in [-0.2, 0) is 16.0 Å². The summed E-state index contributed by atoms with van der Waals surface area (Å²) in [6.45, 7) is 3.77. The molecule has 0 bridgehead atoms. The highest BCUT2D eigenvalue weighted by atomic mass is 79.9. The van der Waals surface area contributed by atoms with Crippen molar-refractivity contribution in [3.8, 4) is 5.75 Å². The van der Waals surface area contributed by atoms with Crippen LogP contribution in [0.2, 0.25) is 0 Å². The van der Waals surface area contributed by atoms with E-state index in [0.29, 0.717) is 50.5 Å². The number of piperidine rings is 1. The highest BCUT2D eigenvalue weighted by molar-refractivity contribution is 9.10. The van der Waals surface area contributed by atoms with Crippen molar-refractivity contribution < 1.29 is 19.1 Å². The van der Waals surface area contributed by atoms with Gasteiger partial charge in [0.15, 0.2) is 0 Å². The second kappa shape index (κ2) is 10.4. The Morgan fingerprint density at radius 1 is 1.10 bits per heavy atom. The van der Waals surface area contributed by atoms with Gasteiger partial charge < -0.3 is 14.4 Å². The number of nitrogens with zero attached hydrogens (tertiary/aromatic N) is 1. The maximum Gasteiger partial charge on any atom is 0.309 e. The quantitative estimate of drug-likeness (QED) is 0.572. The van der Waals surface area contributed by atoms with Crippen molar-refractivity contribution in [3.63, 3.8) is 0 Å². The average molecular weight is 460 g/mol. The topological polar surface area (TPSA) is 55.8 Å². The molecule has 1 amide bonds. The summed E-state index contributed by atoms with van der Waals surface area (Å²) in [5, 5.41) is 0. The Kier molecular flexibility index (Phi) is 7.69.